The van der Waals surface area contributed by atoms with Crippen molar-refractivity contribution in [1.29, 1.82) is 0 Å². The van der Waals surface area contributed by atoms with E-state index in [9.17, 15) is 0 Å². The Kier molecular flexibility index (Phi) is 4.56. The fourth-order valence-electron chi connectivity index (χ4n) is 1.99. The van der Waals surface area contributed by atoms with Gasteiger partial charge in [0.05, 0.1) is 0 Å². The van der Waals surface area contributed by atoms with Crippen LogP contribution in [0.5, 0.6) is 0 Å². The molecule has 3 heteroatoms. The van der Waals surface area contributed by atoms with E-state index < -0.39 is 0 Å². The van der Waals surface area contributed by atoms with Gasteiger partial charge >= 0.3 is 0 Å². The van der Waals surface area contributed by atoms with E-state index in [4.69, 9.17) is 23.8 Å². The van der Waals surface area contributed by atoms with Crippen molar-refractivity contribution in [2.75, 3.05) is 11.4 Å². The number of hydrogen-bond acceptors (Lipinski definition) is 1. The first-order chi connectivity index (χ1) is 9.11. The van der Waals surface area contributed by atoms with Crippen LogP contribution >= 0.6 is 23.8 Å². The van der Waals surface area contributed by atoms with E-state index in [1.165, 1.54) is 5.56 Å². The molecule has 0 bridgehead atoms. The van der Waals surface area contributed by atoms with Gasteiger partial charge in [-0.2, -0.15) is 0 Å². The minimum absolute atomic E-state index is 0.727. The summed E-state index contributed by atoms with van der Waals surface area (Å²) in [6.45, 7) is 5.03. The maximum absolute atomic E-state index is 5.91. The highest BCUT2D eigenvalue weighted by molar-refractivity contribution is 7.81. The van der Waals surface area contributed by atoms with Gasteiger partial charge < -0.3 is 4.90 Å². The molecule has 0 unspecified atom stereocenters. The molecule has 0 spiro atoms. The zero-order chi connectivity index (χ0) is 13.8. The van der Waals surface area contributed by atoms with Gasteiger partial charge in [-0.1, -0.05) is 48.1 Å². The minimum atomic E-state index is 0.727. The normalized spacial score (nSPS) is 10.3. The predicted octanol–water partition coefficient (Wildman–Crippen LogP) is 4.85. The Hall–Kier alpha value is -1.38. The molecule has 0 N–H and O–H groups in total. The third-order valence-electron chi connectivity index (χ3n) is 2.97. The van der Waals surface area contributed by atoms with Crippen LogP contribution in [-0.4, -0.2) is 11.5 Å². The maximum atomic E-state index is 5.91. The molecule has 0 saturated heterocycles. The summed E-state index contributed by atoms with van der Waals surface area (Å²) in [5.74, 6) is 0. The second kappa shape index (κ2) is 6.18. The first-order valence-corrected chi connectivity index (χ1v) is 7.04. The molecule has 0 aliphatic rings. The van der Waals surface area contributed by atoms with Gasteiger partial charge in [0.1, 0.15) is 4.99 Å². The van der Waals surface area contributed by atoms with Crippen LogP contribution in [0.15, 0.2) is 48.5 Å². The number of aryl methyl sites for hydroxylation is 1. The van der Waals surface area contributed by atoms with Crippen molar-refractivity contribution in [3.05, 3.63) is 64.7 Å². The lowest BCUT2D eigenvalue weighted by Crippen LogP contribution is -2.29. The molecule has 0 aliphatic heterocycles. The average Bonchev–Trinajstić information content (AvgIpc) is 2.40. The second-order valence-corrected chi connectivity index (χ2v) is 5.22. The van der Waals surface area contributed by atoms with Crippen LogP contribution in [0.25, 0.3) is 0 Å². The van der Waals surface area contributed by atoms with Gasteiger partial charge in [-0.05, 0) is 43.7 Å². The van der Waals surface area contributed by atoms with Gasteiger partial charge in [-0.25, -0.2) is 0 Å². The number of halogens is 1. The zero-order valence-corrected chi connectivity index (χ0v) is 12.6. The maximum Gasteiger partial charge on any atom is 0.113 e. The second-order valence-electron chi connectivity index (χ2n) is 4.40. The molecule has 1 nitrogen and oxygen atoms in total. The molecule has 0 saturated carbocycles. The van der Waals surface area contributed by atoms with Crippen LogP contribution < -0.4 is 4.90 Å². The molecule has 19 heavy (non-hydrogen) atoms. The molecule has 0 radical (unpaired) electrons. The molecule has 0 fully saturated rings. The third kappa shape index (κ3) is 3.34. The lowest BCUT2D eigenvalue weighted by Gasteiger charge is -2.24. The SMILES string of the molecule is CCN(C(=S)c1ccc(Cl)cc1)c1cccc(C)c1. The molecule has 0 heterocycles. The van der Waals surface area contributed by atoms with Crippen LogP contribution in [0.3, 0.4) is 0 Å². The van der Waals surface area contributed by atoms with E-state index in [0.29, 0.717) is 0 Å². The fraction of sp³-hybridized carbons (Fsp3) is 0.188. The van der Waals surface area contributed by atoms with Gasteiger partial charge in [-0.3, -0.25) is 0 Å². The molecule has 0 aromatic heterocycles. The summed E-state index contributed by atoms with van der Waals surface area (Å²) in [4.78, 5) is 2.95. The van der Waals surface area contributed by atoms with Crippen LogP contribution in [0, 0.1) is 6.92 Å². The van der Waals surface area contributed by atoms with E-state index in [2.05, 4.69) is 43.0 Å². The van der Waals surface area contributed by atoms with E-state index in [0.717, 1.165) is 27.8 Å². The monoisotopic (exact) mass is 289 g/mol. The summed E-state index contributed by atoms with van der Waals surface area (Å²) in [6.07, 6.45) is 0. The van der Waals surface area contributed by atoms with Crippen LogP contribution in [-0.2, 0) is 0 Å². The number of hydrogen-bond donors (Lipinski definition) is 0. The summed E-state index contributed by atoms with van der Waals surface area (Å²) in [6, 6.07) is 16.0. The van der Waals surface area contributed by atoms with Crippen molar-refractivity contribution in [3.8, 4) is 0 Å². The van der Waals surface area contributed by atoms with Crippen LogP contribution in [0.2, 0.25) is 5.02 Å². The summed E-state index contributed by atoms with van der Waals surface area (Å²) in [7, 11) is 0. The Balaban J connectivity index is 2.31. The van der Waals surface area contributed by atoms with Crippen LogP contribution in [0.1, 0.15) is 18.1 Å². The largest absolute Gasteiger partial charge is 0.332 e. The van der Waals surface area contributed by atoms with Crippen molar-refractivity contribution in [2.24, 2.45) is 0 Å². The first kappa shape index (κ1) is 14.0. The highest BCUT2D eigenvalue weighted by atomic mass is 35.5. The molecule has 2 aromatic rings. The predicted molar refractivity (Wildman–Crippen MR) is 87.4 cm³/mol. The Labute approximate surface area is 124 Å². The number of rotatable bonds is 3. The fourth-order valence-corrected chi connectivity index (χ4v) is 2.48. The van der Waals surface area contributed by atoms with Gasteiger partial charge in [0.25, 0.3) is 0 Å². The Morgan fingerprint density at radius 1 is 1.16 bits per heavy atom. The van der Waals surface area contributed by atoms with Crippen molar-refractivity contribution in [3.63, 3.8) is 0 Å². The molecular weight excluding hydrogens is 274 g/mol. The molecule has 98 valence electrons. The van der Waals surface area contributed by atoms with Crippen molar-refractivity contribution in [1.82, 2.24) is 0 Å². The van der Waals surface area contributed by atoms with Gasteiger partial charge in [0.2, 0.25) is 0 Å². The quantitative estimate of drug-likeness (QED) is 0.743. The Morgan fingerprint density at radius 3 is 2.42 bits per heavy atom. The number of anilines is 1. The van der Waals surface area contributed by atoms with E-state index in [-0.39, 0.29) is 0 Å². The number of benzene rings is 2. The molecule has 0 aliphatic carbocycles. The highest BCUT2D eigenvalue weighted by Gasteiger charge is 2.12. The van der Waals surface area contributed by atoms with E-state index in [1.807, 2.05) is 24.3 Å². The highest BCUT2D eigenvalue weighted by Crippen LogP contribution is 2.20. The average molecular weight is 290 g/mol. The van der Waals surface area contributed by atoms with E-state index in [1.54, 1.807) is 0 Å². The zero-order valence-electron chi connectivity index (χ0n) is 11.1. The van der Waals surface area contributed by atoms with Gasteiger partial charge in [0, 0.05) is 22.8 Å². The van der Waals surface area contributed by atoms with Gasteiger partial charge in [0.15, 0.2) is 0 Å². The smallest absolute Gasteiger partial charge is 0.113 e. The molecular formula is C16H16ClNS. The third-order valence-corrected chi connectivity index (χ3v) is 3.67. The van der Waals surface area contributed by atoms with Crippen molar-refractivity contribution < 1.29 is 0 Å². The molecule has 0 amide bonds. The number of nitrogens with zero attached hydrogens (tertiary/aromatic N) is 1. The Bertz CT molecular complexity index is 578. The summed E-state index contributed by atoms with van der Waals surface area (Å²) < 4.78 is 0. The molecule has 2 aromatic carbocycles. The lowest BCUT2D eigenvalue weighted by molar-refractivity contribution is 1.07. The summed E-state index contributed by atoms with van der Waals surface area (Å²) >= 11 is 11.5. The van der Waals surface area contributed by atoms with Crippen molar-refractivity contribution >= 4 is 34.5 Å². The van der Waals surface area contributed by atoms with Gasteiger partial charge in [-0.15, -0.1) is 0 Å². The molecule has 0 atom stereocenters. The van der Waals surface area contributed by atoms with E-state index >= 15 is 0 Å². The lowest BCUT2D eigenvalue weighted by atomic mass is 10.1. The first-order valence-electron chi connectivity index (χ1n) is 6.26. The number of thiocarbonyl (C=S) groups is 1. The summed E-state index contributed by atoms with van der Waals surface area (Å²) in [5, 5.41) is 0.727. The van der Waals surface area contributed by atoms with Crippen LogP contribution in [0.4, 0.5) is 5.69 Å². The summed E-state index contributed by atoms with van der Waals surface area (Å²) in [5.41, 5.74) is 3.38. The topological polar surface area (TPSA) is 3.24 Å². The standard InChI is InChI=1S/C16H16ClNS/c1-3-18(15-6-4-5-12(2)11-15)16(19)13-7-9-14(17)10-8-13/h4-11H,3H2,1-2H3. The molecule has 2 rings (SSSR count). The minimum Gasteiger partial charge on any atom is -0.332 e. The Morgan fingerprint density at radius 2 is 1.84 bits per heavy atom. The van der Waals surface area contributed by atoms with Crippen molar-refractivity contribution in [2.45, 2.75) is 13.8 Å².